The summed E-state index contributed by atoms with van der Waals surface area (Å²) in [5, 5.41) is 7.30. The van der Waals surface area contributed by atoms with Gasteiger partial charge < -0.3 is 16.0 Å². The SMILES string of the molecule is O=C(CNC(=O)C(=O)Nc1ccccc1)Nc1ccc(Br)cc1. The van der Waals surface area contributed by atoms with Crippen molar-refractivity contribution in [2.75, 3.05) is 17.2 Å². The quantitative estimate of drug-likeness (QED) is 0.715. The summed E-state index contributed by atoms with van der Waals surface area (Å²) < 4.78 is 0.890. The van der Waals surface area contributed by atoms with Crippen molar-refractivity contribution in [2.45, 2.75) is 0 Å². The first kappa shape index (κ1) is 16.7. The Labute approximate surface area is 141 Å². The molecule has 2 aromatic rings. The third-order valence-electron chi connectivity index (χ3n) is 2.78. The zero-order chi connectivity index (χ0) is 16.7. The highest BCUT2D eigenvalue weighted by Crippen LogP contribution is 2.13. The largest absolute Gasteiger partial charge is 0.339 e. The zero-order valence-corrected chi connectivity index (χ0v) is 13.6. The number of hydrogen-bond donors (Lipinski definition) is 3. The molecule has 0 saturated heterocycles. The maximum Gasteiger partial charge on any atom is 0.313 e. The number of halogens is 1. The predicted octanol–water partition coefficient (Wildman–Crippen LogP) is 2.14. The van der Waals surface area contributed by atoms with Gasteiger partial charge >= 0.3 is 11.8 Å². The molecule has 0 heterocycles. The Morgan fingerprint density at radius 1 is 0.783 bits per heavy atom. The molecule has 0 spiro atoms. The fourth-order valence-corrected chi connectivity index (χ4v) is 1.95. The van der Waals surface area contributed by atoms with Gasteiger partial charge in [0.1, 0.15) is 0 Å². The lowest BCUT2D eigenvalue weighted by Crippen LogP contribution is -2.39. The Hall–Kier alpha value is -2.67. The summed E-state index contributed by atoms with van der Waals surface area (Å²) >= 11 is 3.29. The van der Waals surface area contributed by atoms with Crippen LogP contribution >= 0.6 is 15.9 Å². The van der Waals surface area contributed by atoms with Crippen LogP contribution in [-0.4, -0.2) is 24.3 Å². The molecule has 0 unspecified atom stereocenters. The molecule has 0 fully saturated rings. The third-order valence-corrected chi connectivity index (χ3v) is 3.30. The molecule has 118 valence electrons. The summed E-state index contributed by atoms with van der Waals surface area (Å²) in [6.45, 7) is -0.295. The van der Waals surface area contributed by atoms with Crippen molar-refractivity contribution in [3.63, 3.8) is 0 Å². The highest BCUT2D eigenvalue weighted by molar-refractivity contribution is 9.10. The number of benzene rings is 2. The van der Waals surface area contributed by atoms with Crippen molar-refractivity contribution in [3.05, 3.63) is 59.1 Å². The van der Waals surface area contributed by atoms with E-state index in [1.165, 1.54) is 0 Å². The number of hydrogen-bond acceptors (Lipinski definition) is 3. The number of amides is 3. The van der Waals surface area contributed by atoms with Crippen molar-refractivity contribution >= 4 is 45.0 Å². The van der Waals surface area contributed by atoms with Gasteiger partial charge in [-0.05, 0) is 36.4 Å². The lowest BCUT2D eigenvalue weighted by Gasteiger charge is -2.07. The first-order chi connectivity index (χ1) is 11.0. The van der Waals surface area contributed by atoms with E-state index in [-0.39, 0.29) is 6.54 Å². The molecule has 2 aromatic carbocycles. The minimum absolute atomic E-state index is 0.295. The van der Waals surface area contributed by atoms with Gasteiger partial charge in [-0.15, -0.1) is 0 Å². The van der Waals surface area contributed by atoms with Crippen LogP contribution in [0.15, 0.2) is 59.1 Å². The Morgan fingerprint density at radius 3 is 2.04 bits per heavy atom. The number of carbonyl (C=O) groups excluding carboxylic acids is 3. The summed E-state index contributed by atoms with van der Waals surface area (Å²) in [6, 6.07) is 15.6. The van der Waals surface area contributed by atoms with E-state index in [1.807, 2.05) is 0 Å². The third kappa shape index (κ3) is 5.55. The van der Waals surface area contributed by atoms with Crippen molar-refractivity contribution in [2.24, 2.45) is 0 Å². The van der Waals surface area contributed by atoms with Crippen LogP contribution in [0.3, 0.4) is 0 Å². The highest BCUT2D eigenvalue weighted by Gasteiger charge is 2.14. The number of nitrogens with one attached hydrogen (secondary N) is 3. The molecule has 0 atom stereocenters. The molecule has 3 amide bonds. The zero-order valence-electron chi connectivity index (χ0n) is 12.0. The number of anilines is 2. The van der Waals surface area contributed by atoms with Gasteiger partial charge in [-0.25, -0.2) is 0 Å². The first-order valence-electron chi connectivity index (χ1n) is 6.74. The standard InChI is InChI=1S/C16H14BrN3O3/c17-11-6-8-13(9-7-11)19-14(21)10-18-15(22)16(23)20-12-4-2-1-3-5-12/h1-9H,10H2,(H,18,22)(H,19,21)(H,20,23). The molecule has 0 aromatic heterocycles. The van der Waals surface area contributed by atoms with Crippen molar-refractivity contribution in [1.82, 2.24) is 5.32 Å². The maximum atomic E-state index is 11.7. The Bertz CT molecular complexity index is 702. The average Bonchev–Trinajstić information content (AvgIpc) is 2.55. The fraction of sp³-hybridized carbons (Fsp3) is 0.0625. The molecule has 0 aliphatic heterocycles. The highest BCUT2D eigenvalue weighted by atomic mass is 79.9. The molecule has 3 N–H and O–H groups in total. The second-order valence-corrected chi connectivity index (χ2v) is 5.47. The Kier molecular flexibility index (Phi) is 5.87. The Morgan fingerprint density at radius 2 is 1.39 bits per heavy atom. The molecule has 0 aliphatic rings. The minimum atomic E-state index is -0.875. The second-order valence-electron chi connectivity index (χ2n) is 4.56. The molecule has 0 aliphatic carbocycles. The summed E-state index contributed by atoms with van der Waals surface area (Å²) in [6.07, 6.45) is 0. The van der Waals surface area contributed by atoms with Gasteiger partial charge in [0.25, 0.3) is 0 Å². The molecule has 0 radical (unpaired) electrons. The topological polar surface area (TPSA) is 87.3 Å². The van der Waals surface area contributed by atoms with Crippen LogP contribution in [-0.2, 0) is 14.4 Å². The van der Waals surface area contributed by atoms with Gasteiger partial charge in [0.15, 0.2) is 0 Å². The lowest BCUT2D eigenvalue weighted by molar-refractivity contribution is -0.136. The van der Waals surface area contributed by atoms with E-state index in [9.17, 15) is 14.4 Å². The molecule has 2 rings (SSSR count). The van der Waals surface area contributed by atoms with Crippen LogP contribution in [0.5, 0.6) is 0 Å². The maximum absolute atomic E-state index is 11.7. The van der Waals surface area contributed by atoms with Crippen LogP contribution in [0.1, 0.15) is 0 Å². The molecule has 6 nitrogen and oxygen atoms in total. The van der Waals surface area contributed by atoms with E-state index >= 15 is 0 Å². The Balaban J connectivity index is 1.78. The van der Waals surface area contributed by atoms with Crippen LogP contribution in [0, 0.1) is 0 Å². The normalized spacial score (nSPS) is 9.78. The summed E-state index contributed by atoms with van der Waals surface area (Å²) in [5.74, 6) is -2.12. The van der Waals surface area contributed by atoms with Gasteiger partial charge in [-0.3, -0.25) is 14.4 Å². The van der Waals surface area contributed by atoms with E-state index in [0.717, 1.165) is 4.47 Å². The van der Waals surface area contributed by atoms with Crippen LogP contribution < -0.4 is 16.0 Å². The lowest BCUT2D eigenvalue weighted by atomic mass is 10.3. The summed E-state index contributed by atoms with van der Waals surface area (Å²) in [4.78, 5) is 35.0. The molecule has 23 heavy (non-hydrogen) atoms. The second kappa shape index (κ2) is 8.09. The molecule has 0 saturated carbocycles. The summed E-state index contributed by atoms with van der Waals surface area (Å²) in [5.41, 5.74) is 1.10. The molecular formula is C16H14BrN3O3. The average molecular weight is 376 g/mol. The van der Waals surface area contributed by atoms with E-state index in [0.29, 0.717) is 11.4 Å². The fourth-order valence-electron chi connectivity index (χ4n) is 1.69. The van der Waals surface area contributed by atoms with Crippen molar-refractivity contribution < 1.29 is 14.4 Å². The molecule has 0 bridgehead atoms. The van der Waals surface area contributed by atoms with Gasteiger partial charge in [-0.2, -0.15) is 0 Å². The minimum Gasteiger partial charge on any atom is -0.339 e. The summed E-state index contributed by atoms with van der Waals surface area (Å²) in [7, 11) is 0. The van der Waals surface area contributed by atoms with Gasteiger partial charge in [0, 0.05) is 15.8 Å². The first-order valence-corrected chi connectivity index (χ1v) is 7.53. The molecule has 7 heteroatoms. The van der Waals surface area contributed by atoms with Crippen LogP contribution in [0.2, 0.25) is 0 Å². The van der Waals surface area contributed by atoms with E-state index < -0.39 is 17.7 Å². The van der Waals surface area contributed by atoms with E-state index in [1.54, 1.807) is 54.6 Å². The smallest absolute Gasteiger partial charge is 0.313 e. The van der Waals surface area contributed by atoms with Gasteiger partial charge in [0.05, 0.1) is 6.54 Å². The van der Waals surface area contributed by atoms with E-state index in [2.05, 4.69) is 31.9 Å². The van der Waals surface area contributed by atoms with E-state index in [4.69, 9.17) is 0 Å². The number of carbonyl (C=O) groups is 3. The van der Waals surface area contributed by atoms with Crippen molar-refractivity contribution in [1.29, 1.82) is 0 Å². The van der Waals surface area contributed by atoms with Crippen molar-refractivity contribution in [3.8, 4) is 0 Å². The predicted molar refractivity (Wildman–Crippen MR) is 90.9 cm³/mol. The van der Waals surface area contributed by atoms with Crippen LogP contribution in [0.4, 0.5) is 11.4 Å². The number of para-hydroxylation sites is 1. The van der Waals surface area contributed by atoms with Gasteiger partial charge in [-0.1, -0.05) is 34.1 Å². The molecular weight excluding hydrogens is 362 g/mol. The van der Waals surface area contributed by atoms with Crippen LogP contribution in [0.25, 0.3) is 0 Å². The number of rotatable bonds is 4. The van der Waals surface area contributed by atoms with Gasteiger partial charge in [0.2, 0.25) is 5.91 Å². The monoisotopic (exact) mass is 375 g/mol.